The number of aryl methyl sites for hydroxylation is 2. The predicted molar refractivity (Wildman–Crippen MR) is 106 cm³/mol. The van der Waals surface area contributed by atoms with E-state index in [-0.39, 0.29) is 0 Å². The second-order valence-electron chi connectivity index (χ2n) is 6.18. The fourth-order valence-electron chi connectivity index (χ4n) is 2.95. The smallest absolute Gasteiger partial charge is 0.191 e. The van der Waals surface area contributed by atoms with E-state index in [1.165, 1.54) is 5.69 Å². The van der Waals surface area contributed by atoms with Gasteiger partial charge in [0, 0.05) is 42.7 Å². The Labute approximate surface area is 158 Å². The predicted octanol–water partition coefficient (Wildman–Crippen LogP) is 4.23. The van der Waals surface area contributed by atoms with Gasteiger partial charge in [-0.1, -0.05) is 16.9 Å². The SMILES string of the molecule is CCN(CC)c1ccc(-c2nnc(SCc3c(C)noc3C)n2C)cc1. The van der Waals surface area contributed by atoms with Crippen LogP contribution in [0.4, 0.5) is 5.69 Å². The van der Waals surface area contributed by atoms with Crippen LogP contribution >= 0.6 is 11.8 Å². The van der Waals surface area contributed by atoms with Gasteiger partial charge in [-0.2, -0.15) is 0 Å². The van der Waals surface area contributed by atoms with Crippen molar-refractivity contribution in [3.63, 3.8) is 0 Å². The van der Waals surface area contributed by atoms with Gasteiger partial charge < -0.3 is 14.0 Å². The zero-order valence-corrected chi connectivity index (χ0v) is 16.8. The van der Waals surface area contributed by atoms with Crippen molar-refractivity contribution in [1.29, 1.82) is 0 Å². The quantitative estimate of drug-likeness (QED) is 0.579. The Bertz CT molecular complexity index is 845. The highest BCUT2D eigenvalue weighted by atomic mass is 32.2. The maximum Gasteiger partial charge on any atom is 0.191 e. The standard InChI is InChI=1S/C19H25N5OS/c1-6-24(7-2)16-10-8-15(9-11-16)18-20-21-19(23(18)5)26-12-17-13(3)22-25-14(17)4/h8-11H,6-7,12H2,1-5H3. The van der Waals surface area contributed by atoms with Crippen LogP contribution in [-0.4, -0.2) is 33.0 Å². The third-order valence-corrected chi connectivity index (χ3v) is 5.66. The molecule has 138 valence electrons. The van der Waals surface area contributed by atoms with Crippen molar-refractivity contribution in [3.05, 3.63) is 41.3 Å². The number of thioether (sulfide) groups is 1. The molecule has 1 aromatic carbocycles. The van der Waals surface area contributed by atoms with Gasteiger partial charge in [-0.05, 0) is 52.0 Å². The Morgan fingerprint density at radius 1 is 1.08 bits per heavy atom. The monoisotopic (exact) mass is 371 g/mol. The molecule has 7 heteroatoms. The zero-order valence-electron chi connectivity index (χ0n) is 16.0. The van der Waals surface area contributed by atoms with Crippen molar-refractivity contribution in [1.82, 2.24) is 19.9 Å². The summed E-state index contributed by atoms with van der Waals surface area (Å²) in [4.78, 5) is 2.32. The van der Waals surface area contributed by atoms with E-state index >= 15 is 0 Å². The van der Waals surface area contributed by atoms with Gasteiger partial charge in [0.1, 0.15) is 5.76 Å². The number of anilines is 1. The van der Waals surface area contributed by atoms with Crippen LogP contribution in [0, 0.1) is 13.8 Å². The number of nitrogens with zero attached hydrogens (tertiary/aromatic N) is 5. The topological polar surface area (TPSA) is 60.0 Å². The van der Waals surface area contributed by atoms with Crippen molar-refractivity contribution < 1.29 is 4.52 Å². The van der Waals surface area contributed by atoms with E-state index in [4.69, 9.17) is 4.52 Å². The summed E-state index contributed by atoms with van der Waals surface area (Å²) in [6.07, 6.45) is 0. The molecule has 0 unspecified atom stereocenters. The van der Waals surface area contributed by atoms with Crippen LogP contribution < -0.4 is 4.90 Å². The highest BCUT2D eigenvalue weighted by Crippen LogP contribution is 2.28. The second kappa shape index (κ2) is 7.95. The lowest BCUT2D eigenvalue weighted by Crippen LogP contribution is -2.21. The molecule has 3 rings (SSSR count). The van der Waals surface area contributed by atoms with E-state index in [0.29, 0.717) is 0 Å². The van der Waals surface area contributed by atoms with Crippen LogP contribution in [0.1, 0.15) is 30.9 Å². The lowest BCUT2D eigenvalue weighted by atomic mass is 10.2. The normalized spacial score (nSPS) is 11.1. The fraction of sp³-hybridized carbons (Fsp3) is 0.421. The van der Waals surface area contributed by atoms with Gasteiger partial charge in [0.15, 0.2) is 11.0 Å². The van der Waals surface area contributed by atoms with Crippen LogP contribution in [0.15, 0.2) is 33.9 Å². The first kappa shape index (κ1) is 18.5. The summed E-state index contributed by atoms with van der Waals surface area (Å²) >= 11 is 1.65. The first-order valence-corrected chi connectivity index (χ1v) is 9.83. The number of hydrogen-bond acceptors (Lipinski definition) is 6. The van der Waals surface area contributed by atoms with Gasteiger partial charge in [0.25, 0.3) is 0 Å². The highest BCUT2D eigenvalue weighted by Gasteiger charge is 2.15. The molecule has 0 atom stereocenters. The molecule has 3 aromatic rings. The average Bonchev–Trinajstić information content (AvgIpc) is 3.17. The summed E-state index contributed by atoms with van der Waals surface area (Å²) in [6, 6.07) is 8.52. The van der Waals surface area contributed by atoms with E-state index < -0.39 is 0 Å². The molecule has 0 radical (unpaired) electrons. The van der Waals surface area contributed by atoms with Crippen molar-refractivity contribution >= 4 is 17.4 Å². The summed E-state index contributed by atoms with van der Waals surface area (Å²) in [5.41, 5.74) is 4.36. The van der Waals surface area contributed by atoms with Crippen molar-refractivity contribution in [2.45, 2.75) is 38.6 Å². The minimum atomic E-state index is 0.772. The summed E-state index contributed by atoms with van der Waals surface area (Å²) in [7, 11) is 2.00. The Kier molecular flexibility index (Phi) is 5.66. The number of benzene rings is 1. The molecule has 0 N–H and O–H groups in total. The first-order chi connectivity index (χ1) is 12.5. The maximum atomic E-state index is 5.23. The van der Waals surface area contributed by atoms with Crippen LogP contribution in [0.3, 0.4) is 0 Å². The van der Waals surface area contributed by atoms with E-state index in [2.05, 4.69) is 58.4 Å². The number of hydrogen-bond donors (Lipinski definition) is 0. The summed E-state index contributed by atoms with van der Waals surface area (Å²) < 4.78 is 7.26. The molecule has 0 aliphatic heterocycles. The van der Waals surface area contributed by atoms with Gasteiger partial charge in [-0.15, -0.1) is 10.2 Å². The molecule has 0 fully saturated rings. The third kappa shape index (κ3) is 3.62. The van der Waals surface area contributed by atoms with E-state index in [1.54, 1.807) is 11.8 Å². The maximum absolute atomic E-state index is 5.23. The minimum Gasteiger partial charge on any atom is -0.372 e. The summed E-state index contributed by atoms with van der Waals surface area (Å²) in [5, 5.41) is 13.6. The molecule has 0 saturated heterocycles. The third-order valence-electron chi connectivity index (χ3n) is 4.62. The lowest BCUT2D eigenvalue weighted by Gasteiger charge is -2.21. The van der Waals surface area contributed by atoms with Gasteiger partial charge in [-0.3, -0.25) is 0 Å². The first-order valence-electron chi connectivity index (χ1n) is 8.84. The molecular formula is C19H25N5OS. The molecular weight excluding hydrogens is 346 g/mol. The Morgan fingerprint density at radius 2 is 1.77 bits per heavy atom. The average molecular weight is 372 g/mol. The Hall–Kier alpha value is -2.28. The van der Waals surface area contributed by atoms with E-state index in [9.17, 15) is 0 Å². The van der Waals surface area contributed by atoms with Gasteiger partial charge >= 0.3 is 0 Å². The lowest BCUT2D eigenvalue weighted by molar-refractivity contribution is 0.392. The summed E-state index contributed by atoms with van der Waals surface area (Å²) in [5.74, 6) is 2.51. The molecule has 0 spiro atoms. The van der Waals surface area contributed by atoms with Crippen molar-refractivity contribution in [2.75, 3.05) is 18.0 Å². The minimum absolute atomic E-state index is 0.772. The fourth-order valence-corrected chi connectivity index (χ4v) is 4.01. The molecule has 0 bridgehead atoms. The van der Waals surface area contributed by atoms with E-state index in [1.807, 2.05) is 25.5 Å². The van der Waals surface area contributed by atoms with Crippen LogP contribution in [0.5, 0.6) is 0 Å². The molecule has 2 heterocycles. The Morgan fingerprint density at radius 3 is 2.35 bits per heavy atom. The van der Waals surface area contributed by atoms with Gasteiger partial charge in [-0.25, -0.2) is 0 Å². The van der Waals surface area contributed by atoms with Crippen LogP contribution in [-0.2, 0) is 12.8 Å². The van der Waals surface area contributed by atoms with E-state index in [0.717, 1.165) is 52.4 Å². The molecule has 0 amide bonds. The van der Waals surface area contributed by atoms with Crippen molar-refractivity contribution in [3.8, 4) is 11.4 Å². The highest BCUT2D eigenvalue weighted by molar-refractivity contribution is 7.98. The second-order valence-corrected chi connectivity index (χ2v) is 7.12. The number of aromatic nitrogens is 4. The van der Waals surface area contributed by atoms with Gasteiger partial charge in [0.2, 0.25) is 0 Å². The summed E-state index contributed by atoms with van der Waals surface area (Å²) in [6.45, 7) is 10.2. The molecule has 0 saturated carbocycles. The van der Waals surface area contributed by atoms with Crippen molar-refractivity contribution in [2.24, 2.45) is 7.05 Å². The Balaban J connectivity index is 1.76. The zero-order chi connectivity index (χ0) is 18.7. The molecule has 6 nitrogen and oxygen atoms in total. The molecule has 26 heavy (non-hydrogen) atoms. The van der Waals surface area contributed by atoms with Crippen LogP contribution in [0.2, 0.25) is 0 Å². The van der Waals surface area contributed by atoms with Crippen LogP contribution in [0.25, 0.3) is 11.4 Å². The number of rotatable bonds is 7. The molecule has 0 aliphatic rings. The molecule has 0 aliphatic carbocycles. The van der Waals surface area contributed by atoms with Gasteiger partial charge in [0.05, 0.1) is 5.69 Å². The largest absolute Gasteiger partial charge is 0.372 e. The molecule has 2 aromatic heterocycles.